The molecule has 190 valence electrons. The number of para-hydroxylation sites is 2. The van der Waals surface area contributed by atoms with Gasteiger partial charge in [0, 0.05) is 36.6 Å². The number of rotatable bonds is 9. The molecule has 1 atom stereocenters. The number of sulfonamides is 1. The lowest BCUT2D eigenvalue weighted by atomic mass is 10.1. The monoisotopic (exact) mass is 508 g/mol. The Kier molecular flexibility index (Phi) is 6.28. The average Bonchev–Trinajstić information content (AvgIpc) is 3.59. The van der Waals surface area contributed by atoms with E-state index in [-0.39, 0.29) is 12.1 Å². The van der Waals surface area contributed by atoms with Gasteiger partial charge in [-0.25, -0.2) is 13.2 Å². The fourth-order valence-electron chi connectivity index (χ4n) is 5.29. The van der Waals surface area contributed by atoms with Crippen molar-refractivity contribution in [3.63, 3.8) is 0 Å². The number of carbonyl (C=O) groups is 1. The Morgan fingerprint density at radius 3 is 2.47 bits per heavy atom. The van der Waals surface area contributed by atoms with Crippen molar-refractivity contribution in [2.24, 2.45) is 7.05 Å². The number of nitrogens with one attached hydrogen (secondary N) is 1. The van der Waals surface area contributed by atoms with E-state index in [4.69, 9.17) is 0 Å². The van der Waals surface area contributed by atoms with Crippen molar-refractivity contribution in [3.05, 3.63) is 70.3 Å². The number of benzene rings is 2. The van der Waals surface area contributed by atoms with Gasteiger partial charge in [-0.2, -0.15) is 0 Å². The van der Waals surface area contributed by atoms with E-state index < -0.39 is 27.2 Å². The molecular formula is C27H32N4O4S. The summed E-state index contributed by atoms with van der Waals surface area (Å²) in [7, 11) is -1.63. The summed E-state index contributed by atoms with van der Waals surface area (Å²) in [5.74, 6) is -0.561. The van der Waals surface area contributed by atoms with E-state index in [1.54, 1.807) is 9.13 Å². The maximum absolute atomic E-state index is 13.9. The smallest absolute Gasteiger partial charge is 0.329 e. The van der Waals surface area contributed by atoms with Crippen molar-refractivity contribution in [1.82, 2.24) is 18.4 Å². The van der Waals surface area contributed by atoms with Gasteiger partial charge in [0.05, 0.1) is 22.8 Å². The normalized spacial score (nSPS) is 15.0. The number of aromatic nitrogens is 3. The van der Waals surface area contributed by atoms with Crippen molar-refractivity contribution >= 4 is 37.9 Å². The van der Waals surface area contributed by atoms with Crippen LogP contribution in [0.3, 0.4) is 0 Å². The van der Waals surface area contributed by atoms with Gasteiger partial charge in [0.25, 0.3) is 0 Å². The topological polar surface area (TPSA) is 95.1 Å². The molecule has 1 aliphatic carbocycles. The van der Waals surface area contributed by atoms with Crippen molar-refractivity contribution in [2.45, 2.75) is 63.8 Å². The first-order valence-corrected chi connectivity index (χ1v) is 14.0. The van der Waals surface area contributed by atoms with Gasteiger partial charge in [-0.3, -0.25) is 18.7 Å². The first-order chi connectivity index (χ1) is 17.2. The molecule has 1 aliphatic rings. The number of hydrogen-bond acceptors (Lipinski definition) is 4. The number of imidazole rings is 1. The number of hydrogen-bond donors (Lipinski definition) is 1. The lowest BCUT2D eigenvalue weighted by Gasteiger charge is -2.18. The molecule has 2 aromatic carbocycles. The molecule has 0 radical (unpaired) electrons. The number of fused-ring (bicyclic) bond motifs is 2. The molecule has 2 aromatic heterocycles. The Hall–Kier alpha value is -3.33. The highest BCUT2D eigenvalue weighted by Crippen LogP contribution is 2.29. The lowest BCUT2D eigenvalue weighted by molar-refractivity contribution is -0.120. The third-order valence-electron chi connectivity index (χ3n) is 7.13. The van der Waals surface area contributed by atoms with Crippen molar-refractivity contribution in [3.8, 4) is 0 Å². The van der Waals surface area contributed by atoms with Gasteiger partial charge in [0.1, 0.15) is 0 Å². The minimum Gasteiger partial charge on any atom is -0.350 e. The number of carbonyl (C=O) groups excluding carboxylic acids is 1. The number of aryl methyl sites for hydroxylation is 2. The second kappa shape index (κ2) is 9.28. The van der Waals surface area contributed by atoms with E-state index in [2.05, 4.69) is 34.5 Å². The third-order valence-corrected chi connectivity index (χ3v) is 8.99. The zero-order chi connectivity index (χ0) is 25.6. The van der Waals surface area contributed by atoms with Crippen LogP contribution in [0.5, 0.6) is 0 Å². The second-order valence-electron chi connectivity index (χ2n) is 9.88. The first kappa shape index (κ1) is 24.4. The highest BCUT2D eigenvalue weighted by molar-refractivity contribution is 7.90. The molecule has 1 unspecified atom stereocenters. The Morgan fingerprint density at radius 1 is 1.08 bits per heavy atom. The van der Waals surface area contributed by atoms with E-state index in [9.17, 15) is 18.0 Å². The maximum Gasteiger partial charge on any atom is 0.329 e. The fourth-order valence-corrected chi connectivity index (χ4v) is 6.62. The van der Waals surface area contributed by atoms with Crippen LogP contribution in [0, 0.1) is 6.92 Å². The summed E-state index contributed by atoms with van der Waals surface area (Å²) in [5, 5.41) is 0.665. The number of nitrogens with zero attached hydrogens (tertiary/aromatic N) is 3. The molecule has 1 saturated carbocycles. The Morgan fingerprint density at radius 2 is 1.78 bits per heavy atom. The van der Waals surface area contributed by atoms with E-state index in [1.165, 1.54) is 0 Å². The predicted octanol–water partition coefficient (Wildman–Crippen LogP) is 3.99. The molecule has 0 saturated heterocycles. The van der Waals surface area contributed by atoms with Gasteiger partial charge in [0.15, 0.2) is 0 Å². The van der Waals surface area contributed by atoms with Crippen LogP contribution < -0.4 is 10.4 Å². The van der Waals surface area contributed by atoms with Gasteiger partial charge in [0.2, 0.25) is 15.9 Å². The Bertz CT molecular complexity index is 1620. The SMILES string of the molecule is CCCC(CC(=O)NS(=O)(=O)C1CC1)n1c(=O)n(Cc2cn(C)c3cccc(C)c23)c2ccccc21. The van der Waals surface area contributed by atoms with Crippen molar-refractivity contribution in [2.75, 3.05) is 0 Å². The van der Waals surface area contributed by atoms with Gasteiger partial charge < -0.3 is 4.57 Å². The molecule has 0 bridgehead atoms. The zero-order valence-corrected chi connectivity index (χ0v) is 21.7. The van der Waals surface area contributed by atoms with Crippen LogP contribution in [0.2, 0.25) is 0 Å². The molecular weight excluding hydrogens is 476 g/mol. The summed E-state index contributed by atoms with van der Waals surface area (Å²) in [4.78, 5) is 26.7. The van der Waals surface area contributed by atoms with Gasteiger partial charge in [-0.1, -0.05) is 37.6 Å². The molecule has 9 heteroatoms. The summed E-state index contributed by atoms with van der Waals surface area (Å²) in [6, 6.07) is 13.3. The average molecular weight is 509 g/mol. The molecule has 8 nitrogen and oxygen atoms in total. The summed E-state index contributed by atoms with van der Waals surface area (Å²) >= 11 is 0. The Balaban J connectivity index is 1.55. The highest BCUT2D eigenvalue weighted by Gasteiger charge is 2.37. The van der Waals surface area contributed by atoms with Crippen LogP contribution in [0.25, 0.3) is 21.9 Å². The van der Waals surface area contributed by atoms with E-state index >= 15 is 0 Å². The summed E-state index contributed by atoms with van der Waals surface area (Å²) in [6.45, 7) is 4.47. The third kappa shape index (κ3) is 4.36. The minimum absolute atomic E-state index is 0.0684. The van der Waals surface area contributed by atoms with Crippen LogP contribution in [0.1, 0.15) is 56.2 Å². The lowest BCUT2D eigenvalue weighted by Crippen LogP contribution is -2.36. The second-order valence-corrected chi connectivity index (χ2v) is 11.8. The molecule has 5 rings (SSSR count). The molecule has 1 N–H and O–H groups in total. The molecule has 36 heavy (non-hydrogen) atoms. The Labute approximate surface area is 210 Å². The fraction of sp³-hybridized carbons (Fsp3) is 0.407. The zero-order valence-electron chi connectivity index (χ0n) is 20.9. The van der Waals surface area contributed by atoms with Gasteiger partial charge in [-0.15, -0.1) is 0 Å². The first-order valence-electron chi connectivity index (χ1n) is 12.5. The van der Waals surface area contributed by atoms with Crippen LogP contribution in [0.4, 0.5) is 0 Å². The standard InChI is InChI=1S/C27H32N4O4S/c1-4-8-20(15-25(32)28-36(34,35)21-13-14-21)31-23-11-6-5-10-22(23)30(27(31)33)17-19-16-29(3)24-12-7-9-18(2)26(19)24/h5-7,9-12,16,20-21H,4,8,13-15,17H2,1-3H3,(H,28,32). The van der Waals surface area contributed by atoms with Crippen LogP contribution >= 0.6 is 0 Å². The van der Waals surface area contributed by atoms with E-state index in [0.29, 0.717) is 25.8 Å². The van der Waals surface area contributed by atoms with Crippen LogP contribution in [0.15, 0.2) is 53.5 Å². The van der Waals surface area contributed by atoms with Gasteiger partial charge >= 0.3 is 5.69 Å². The molecule has 0 spiro atoms. The van der Waals surface area contributed by atoms with Crippen molar-refractivity contribution < 1.29 is 13.2 Å². The maximum atomic E-state index is 13.9. The summed E-state index contributed by atoms with van der Waals surface area (Å²) < 4.78 is 32.3. The molecule has 4 aromatic rings. The molecule has 2 heterocycles. The largest absolute Gasteiger partial charge is 0.350 e. The minimum atomic E-state index is -3.63. The molecule has 0 aliphatic heterocycles. The van der Waals surface area contributed by atoms with E-state index in [0.717, 1.165) is 39.5 Å². The van der Waals surface area contributed by atoms with Crippen molar-refractivity contribution in [1.29, 1.82) is 0 Å². The summed E-state index contributed by atoms with van der Waals surface area (Å²) in [6.07, 6.45) is 4.50. The van der Waals surface area contributed by atoms with E-state index in [1.807, 2.05) is 44.3 Å². The number of amides is 1. The van der Waals surface area contributed by atoms with Gasteiger partial charge in [-0.05, 0) is 55.5 Å². The van der Waals surface area contributed by atoms with Crippen LogP contribution in [-0.4, -0.2) is 33.3 Å². The van der Waals surface area contributed by atoms with Crippen LogP contribution in [-0.2, 0) is 28.4 Å². The molecule has 1 fully saturated rings. The highest BCUT2D eigenvalue weighted by atomic mass is 32.2. The summed E-state index contributed by atoms with van der Waals surface area (Å²) in [5.41, 5.74) is 4.65. The predicted molar refractivity (Wildman–Crippen MR) is 142 cm³/mol. The quantitative estimate of drug-likeness (QED) is 0.370. The molecule has 1 amide bonds.